The Labute approximate surface area is 246 Å². The summed E-state index contributed by atoms with van der Waals surface area (Å²) in [5, 5.41) is 13.3. The van der Waals surface area contributed by atoms with Crippen molar-refractivity contribution >= 4 is 17.6 Å². The summed E-state index contributed by atoms with van der Waals surface area (Å²) in [6.07, 6.45) is -8.72. The van der Waals surface area contributed by atoms with E-state index in [2.05, 4.69) is 14.6 Å². The molecule has 44 heavy (non-hydrogen) atoms. The number of amides is 1. The lowest BCUT2D eigenvalue weighted by molar-refractivity contribution is -0.286. The Morgan fingerprint density at radius 2 is 1.75 bits per heavy atom. The van der Waals surface area contributed by atoms with E-state index < -0.39 is 36.1 Å². The Hall–Kier alpha value is -5.14. The molecule has 3 aromatic carbocycles. The smallest absolute Gasteiger partial charge is 0.484 e. The Bertz CT molecular complexity index is 1790. The Morgan fingerprint density at radius 1 is 1.02 bits per heavy atom. The number of anilines is 1. The molecule has 9 nitrogen and oxygen atoms in total. The van der Waals surface area contributed by atoms with Crippen molar-refractivity contribution in [2.24, 2.45) is 0 Å². The maximum atomic E-state index is 14.1. The minimum atomic E-state index is -4.77. The number of hydrogen-bond acceptors (Lipinski definition) is 6. The van der Waals surface area contributed by atoms with Gasteiger partial charge in [0.05, 0.1) is 16.9 Å². The van der Waals surface area contributed by atoms with Crippen LogP contribution in [0.2, 0.25) is 0 Å². The van der Waals surface area contributed by atoms with E-state index in [0.717, 1.165) is 4.68 Å². The van der Waals surface area contributed by atoms with Crippen LogP contribution in [0.4, 0.5) is 27.6 Å². The van der Waals surface area contributed by atoms with Gasteiger partial charge in [-0.3, -0.25) is 4.79 Å². The molecule has 1 aliphatic heterocycles. The molecule has 0 fully saturated rings. The predicted octanol–water partition coefficient (Wildman–Crippen LogP) is 6.64. The van der Waals surface area contributed by atoms with Crippen molar-refractivity contribution in [3.05, 3.63) is 94.8 Å². The maximum Gasteiger partial charge on any atom is 0.586 e. The van der Waals surface area contributed by atoms with E-state index in [4.69, 9.17) is 4.74 Å². The summed E-state index contributed by atoms with van der Waals surface area (Å²) >= 11 is 0. The molecule has 1 aromatic heterocycles. The molecule has 4 aromatic rings. The average Bonchev–Trinajstić information content (AvgIpc) is 3.53. The van der Waals surface area contributed by atoms with Crippen LogP contribution in [-0.2, 0) is 12.6 Å². The van der Waals surface area contributed by atoms with Crippen molar-refractivity contribution in [2.75, 3.05) is 11.9 Å². The Morgan fingerprint density at radius 3 is 2.50 bits per heavy atom. The van der Waals surface area contributed by atoms with Gasteiger partial charge < -0.3 is 24.2 Å². The summed E-state index contributed by atoms with van der Waals surface area (Å²) in [4.78, 5) is 26.0. The predicted molar refractivity (Wildman–Crippen MR) is 144 cm³/mol. The number of hydrogen-bond donors (Lipinski definition) is 1. The van der Waals surface area contributed by atoms with Crippen LogP contribution < -0.4 is 19.1 Å². The zero-order valence-electron chi connectivity index (χ0n) is 22.8. The van der Waals surface area contributed by atoms with Crippen molar-refractivity contribution in [3.8, 4) is 22.9 Å². The van der Waals surface area contributed by atoms with E-state index in [1.54, 1.807) is 0 Å². The zero-order chi connectivity index (χ0) is 31.4. The van der Waals surface area contributed by atoms with Gasteiger partial charge in [-0.15, -0.1) is 8.78 Å². The van der Waals surface area contributed by atoms with E-state index in [9.17, 15) is 36.6 Å². The molecule has 1 N–H and O–H groups in total. The second-order valence-corrected chi connectivity index (χ2v) is 10.2. The van der Waals surface area contributed by atoms with Crippen molar-refractivity contribution in [1.29, 1.82) is 0 Å². The number of nitrogens with zero attached hydrogens (tertiary/aromatic N) is 3. The van der Waals surface area contributed by atoms with Gasteiger partial charge in [-0.1, -0.05) is 12.1 Å². The molecule has 228 valence electrons. The topological polar surface area (TPSA) is 103 Å². The van der Waals surface area contributed by atoms with Crippen LogP contribution in [0.25, 0.3) is 5.69 Å². The SMILES string of the molecule is CN(C(=O)c1cccc(-n2nc(C(F)(F)F)c3c2[C@@H](Oc2cccc(C(=O)O)c2)CCC3)c1)c1ccc2c(c1)OC(F)(F)O2. The fraction of sp³-hybridized carbons (Fsp3) is 0.233. The number of halogens is 5. The highest BCUT2D eigenvalue weighted by atomic mass is 19.4. The summed E-state index contributed by atoms with van der Waals surface area (Å²) in [5.74, 6) is -2.07. The minimum absolute atomic E-state index is 0.0467. The molecule has 6 rings (SSSR count). The van der Waals surface area contributed by atoms with Crippen LogP contribution in [0.15, 0.2) is 66.7 Å². The Balaban J connectivity index is 1.36. The molecule has 0 saturated carbocycles. The lowest BCUT2D eigenvalue weighted by Gasteiger charge is -2.26. The van der Waals surface area contributed by atoms with Crippen LogP contribution in [0.3, 0.4) is 0 Å². The first-order valence-electron chi connectivity index (χ1n) is 13.3. The number of aromatic carboxylic acids is 1. The first kappa shape index (κ1) is 29.0. The van der Waals surface area contributed by atoms with E-state index >= 15 is 0 Å². The molecule has 1 aliphatic carbocycles. The standard InChI is InChI=1S/C30H22F5N3O6/c1-37(18-11-12-22-24(15-18)44-30(34,35)43-22)27(39)16-5-2-7-19(13-16)38-25-21(26(36-38)29(31,32)33)9-4-10-23(25)42-20-8-3-6-17(14-20)28(40)41/h2-3,5-8,11-15,23H,4,9-10H2,1H3,(H,40,41)/t23-/m0/s1. The van der Waals surface area contributed by atoms with Gasteiger partial charge in [0.15, 0.2) is 17.2 Å². The molecule has 2 heterocycles. The van der Waals surface area contributed by atoms with Gasteiger partial charge in [0.1, 0.15) is 11.9 Å². The molecule has 0 saturated heterocycles. The molecule has 0 bridgehead atoms. The number of carbonyl (C=O) groups excluding carboxylic acids is 1. The fourth-order valence-corrected chi connectivity index (χ4v) is 5.28. The number of rotatable bonds is 6. The summed E-state index contributed by atoms with van der Waals surface area (Å²) in [6.45, 7) is 0. The summed E-state index contributed by atoms with van der Waals surface area (Å²) in [5.41, 5.74) is -0.605. The molecule has 1 amide bonds. The highest BCUT2D eigenvalue weighted by molar-refractivity contribution is 6.06. The highest BCUT2D eigenvalue weighted by Gasteiger charge is 2.44. The van der Waals surface area contributed by atoms with Gasteiger partial charge in [-0.2, -0.15) is 18.3 Å². The second kappa shape index (κ2) is 10.5. The monoisotopic (exact) mass is 615 g/mol. The molecule has 1 atom stereocenters. The van der Waals surface area contributed by atoms with Crippen molar-refractivity contribution in [1.82, 2.24) is 9.78 Å². The van der Waals surface area contributed by atoms with Crippen LogP contribution in [0, 0.1) is 0 Å². The molecular weight excluding hydrogens is 593 g/mol. The number of benzene rings is 3. The highest BCUT2D eigenvalue weighted by Crippen LogP contribution is 2.44. The first-order valence-corrected chi connectivity index (χ1v) is 13.3. The summed E-state index contributed by atoms with van der Waals surface area (Å²) in [6, 6.07) is 15.2. The Kier molecular flexibility index (Phi) is 6.94. The molecular formula is C30H22F5N3O6. The van der Waals surface area contributed by atoms with Gasteiger partial charge >= 0.3 is 18.4 Å². The molecule has 0 unspecified atom stereocenters. The minimum Gasteiger partial charge on any atom is -0.484 e. The molecule has 2 aliphatic rings. The number of alkyl halides is 5. The number of ether oxygens (including phenoxy) is 3. The normalized spacial score (nSPS) is 16.7. The van der Waals surface area contributed by atoms with Crippen molar-refractivity contribution < 1.29 is 50.9 Å². The number of carboxylic acids is 1. The average molecular weight is 616 g/mol. The molecule has 14 heteroatoms. The maximum absolute atomic E-state index is 14.1. The zero-order valence-corrected chi connectivity index (χ0v) is 22.8. The van der Waals surface area contributed by atoms with Gasteiger partial charge in [-0.05, 0) is 67.8 Å². The van der Waals surface area contributed by atoms with Crippen molar-refractivity contribution in [3.63, 3.8) is 0 Å². The summed E-state index contributed by atoms with van der Waals surface area (Å²) in [7, 11) is 1.40. The first-order chi connectivity index (χ1) is 20.8. The van der Waals surface area contributed by atoms with Crippen molar-refractivity contribution in [2.45, 2.75) is 37.8 Å². The van der Waals surface area contributed by atoms with E-state index in [0.29, 0.717) is 12.8 Å². The fourth-order valence-electron chi connectivity index (χ4n) is 5.28. The van der Waals surface area contributed by atoms with Gasteiger partial charge in [-0.25, -0.2) is 9.48 Å². The molecule has 0 radical (unpaired) electrons. The lowest BCUT2D eigenvalue weighted by atomic mass is 9.92. The quantitative estimate of drug-likeness (QED) is 0.243. The van der Waals surface area contributed by atoms with Gasteiger partial charge in [0.25, 0.3) is 5.91 Å². The molecule has 0 spiro atoms. The number of fused-ring (bicyclic) bond motifs is 2. The second-order valence-electron chi connectivity index (χ2n) is 10.2. The van der Waals surface area contributed by atoms with Crippen LogP contribution in [-0.4, -0.2) is 40.1 Å². The van der Waals surface area contributed by atoms with Gasteiger partial charge in [0, 0.05) is 29.9 Å². The largest absolute Gasteiger partial charge is 0.586 e. The summed E-state index contributed by atoms with van der Waals surface area (Å²) < 4.78 is 85.3. The number of carboxylic acid groups (broad SMARTS) is 1. The third-order valence-electron chi connectivity index (χ3n) is 7.26. The van der Waals surface area contributed by atoms with Crippen LogP contribution in [0.5, 0.6) is 17.2 Å². The van der Waals surface area contributed by atoms with Crippen LogP contribution >= 0.6 is 0 Å². The van der Waals surface area contributed by atoms with Crippen LogP contribution in [0.1, 0.15) is 56.6 Å². The third kappa shape index (κ3) is 5.38. The third-order valence-corrected chi connectivity index (χ3v) is 7.26. The van der Waals surface area contributed by atoms with Gasteiger partial charge in [0.2, 0.25) is 0 Å². The number of carbonyl (C=O) groups is 2. The van der Waals surface area contributed by atoms with E-state index in [-0.39, 0.29) is 57.4 Å². The lowest BCUT2D eigenvalue weighted by Crippen LogP contribution is -2.26. The van der Waals surface area contributed by atoms with E-state index in [1.807, 2.05) is 0 Å². The van der Waals surface area contributed by atoms with E-state index in [1.165, 1.54) is 78.7 Å². The number of aromatic nitrogens is 2.